The Morgan fingerprint density at radius 2 is 2.11 bits per heavy atom. The van der Waals surface area contributed by atoms with E-state index in [1.54, 1.807) is 10.8 Å². The number of aryl methyl sites for hydroxylation is 1. The van der Waals surface area contributed by atoms with Gasteiger partial charge in [-0.3, -0.25) is 0 Å². The molecule has 0 N–H and O–H groups in total. The molecular weight excluding hydrogens is 246 g/mol. The van der Waals surface area contributed by atoms with Gasteiger partial charge in [0.25, 0.3) is 0 Å². The molecule has 2 aromatic heterocycles. The maximum Gasteiger partial charge on any atom is 0.155 e. The highest BCUT2D eigenvalue weighted by atomic mass is 35.5. The molecule has 3 rings (SSSR count). The lowest BCUT2D eigenvalue weighted by molar-refractivity contribution is 0.954. The molecule has 0 bridgehead atoms. The first-order chi connectivity index (χ1) is 8.72. The van der Waals surface area contributed by atoms with E-state index >= 15 is 0 Å². The molecule has 0 aliphatic heterocycles. The van der Waals surface area contributed by atoms with Gasteiger partial charge in [0, 0.05) is 11.2 Å². The SMILES string of the molecule is Cc1ccc(Cc2ccn3ncnc3c2)c(Cl)c1. The summed E-state index contributed by atoms with van der Waals surface area (Å²) in [5.74, 6) is 0. The van der Waals surface area contributed by atoms with Gasteiger partial charge in [0.15, 0.2) is 5.65 Å². The Kier molecular flexibility index (Phi) is 2.76. The van der Waals surface area contributed by atoms with Gasteiger partial charge in [-0.05, 0) is 48.2 Å². The van der Waals surface area contributed by atoms with Crippen molar-refractivity contribution < 1.29 is 0 Å². The molecular formula is C14H12ClN3. The largest absolute Gasteiger partial charge is 0.221 e. The van der Waals surface area contributed by atoms with Crippen LogP contribution in [0.15, 0.2) is 42.9 Å². The number of hydrogen-bond donors (Lipinski definition) is 0. The van der Waals surface area contributed by atoms with E-state index in [9.17, 15) is 0 Å². The van der Waals surface area contributed by atoms with E-state index in [0.717, 1.165) is 22.7 Å². The lowest BCUT2D eigenvalue weighted by Crippen LogP contribution is -1.93. The Balaban J connectivity index is 1.95. The molecule has 90 valence electrons. The summed E-state index contributed by atoms with van der Waals surface area (Å²) in [5, 5.41) is 4.89. The number of benzene rings is 1. The maximum atomic E-state index is 6.24. The van der Waals surface area contributed by atoms with Crippen LogP contribution in [0.25, 0.3) is 5.65 Å². The number of halogens is 1. The van der Waals surface area contributed by atoms with Gasteiger partial charge in [-0.25, -0.2) is 9.50 Å². The second-order valence-corrected chi connectivity index (χ2v) is 4.78. The van der Waals surface area contributed by atoms with E-state index in [1.807, 2.05) is 31.3 Å². The van der Waals surface area contributed by atoms with Crippen molar-refractivity contribution in [2.45, 2.75) is 13.3 Å². The van der Waals surface area contributed by atoms with E-state index in [1.165, 1.54) is 11.1 Å². The first-order valence-corrected chi connectivity index (χ1v) is 6.13. The summed E-state index contributed by atoms with van der Waals surface area (Å²) in [5.41, 5.74) is 4.35. The Labute approximate surface area is 110 Å². The zero-order valence-electron chi connectivity index (χ0n) is 9.97. The third kappa shape index (κ3) is 2.09. The van der Waals surface area contributed by atoms with Gasteiger partial charge in [-0.2, -0.15) is 5.10 Å². The van der Waals surface area contributed by atoms with Crippen LogP contribution in [0.3, 0.4) is 0 Å². The molecule has 0 saturated carbocycles. The molecule has 0 amide bonds. The minimum Gasteiger partial charge on any atom is -0.221 e. The highest BCUT2D eigenvalue weighted by Gasteiger charge is 2.04. The lowest BCUT2D eigenvalue weighted by Gasteiger charge is -2.05. The maximum absolute atomic E-state index is 6.24. The standard InChI is InChI=1S/C14H12ClN3/c1-10-2-3-12(13(15)6-10)7-11-4-5-18-14(8-11)16-9-17-18/h2-6,8-9H,7H2,1H3. The zero-order valence-corrected chi connectivity index (χ0v) is 10.7. The Morgan fingerprint density at radius 3 is 2.94 bits per heavy atom. The number of fused-ring (bicyclic) bond motifs is 1. The Bertz CT molecular complexity index is 703. The van der Waals surface area contributed by atoms with Crippen LogP contribution in [0.2, 0.25) is 5.02 Å². The Morgan fingerprint density at radius 1 is 1.22 bits per heavy atom. The fourth-order valence-electron chi connectivity index (χ4n) is 1.98. The molecule has 3 aromatic rings. The fourth-order valence-corrected chi connectivity index (χ4v) is 2.28. The van der Waals surface area contributed by atoms with Gasteiger partial charge in [0.05, 0.1) is 0 Å². The van der Waals surface area contributed by atoms with E-state index in [0.29, 0.717) is 0 Å². The zero-order chi connectivity index (χ0) is 12.5. The average molecular weight is 258 g/mol. The number of hydrogen-bond acceptors (Lipinski definition) is 2. The van der Waals surface area contributed by atoms with Crippen molar-refractivity contribution in [2.24, 2.45) is 0 Å². The van der Waals surface area contributed by atoms with Crippen LogP contribution in [0.4, 0.5) is 0 Å². The molecule has 1 aromatic carbocycles. The van der Waals surface area contributed by atoms with E-state index in [4.69, 9.17) is 11.6 Å². The Hall–Kier alpha value is -1.87. The molecule has 0 unspecified atom stereocenters. The predicted octanol–water partition coefficient (Wildman–Crippen LogP) is 3.28. The molecule has 0 atom stereocenters. The van der Waals surface area contributed by atoms with Crippen LogP contribution >= 0.6 is 11.6 Å². The predicted molar refractivity (Wildman–Crippen MR) is 72.0 cm³/mol. The monoisotopic (exact) mass is 257 g/mol. The van der Waals surface area contributed by atoms with Crippen molar-refractivity contribution in [3.8, 4) is 0 Å². The van der Waals surface area contributed by atoms with Crippen molar-refractivity contribution in [2.75, 3.05) is 0 Å². The molecule has 0 aliphatic rings. The summed E-state index contributed by atoms with van der Waals surface area (Å²) in [7, 11) is 0. The minimum atomic E-state index is 0.808. The van der Waals surface area contributed by atoms with Gasteiger partial charge in [-0.1, -0.05) is 23.7 Å². The molecule has 18 heavy (non-hydrogen) atoms. The van der Waals surface area contributed by atoms with Gasteiger partial charge in [0.1, 0.15) is 6.33 Å². The second-order valence-electron chi connectivity index (χ2n) is 4.37. The topological polar surface area (TPSA) is 30.2 Å². The highest BCUT2D eigenvalue weighted by molar-refractivity contribution is 6.31. The summed E-state index contributed by atoms with van der Waals surface area (Å²) < 4.78 is 1.75. The smallest absolute Gasteiger partial charge is 0.155 e. The van der Waals surface area contributed by atoms with Gasteiger partial charge >= 0.3 is 0 Å². The average Bonchev–Trinajstić information content (AvgIpc) is 2.80. The van der Waals surface area contributed by atoms with E-state index in [2.05, 4.69) is 22.2 Å². The summed E-state index contributed by atoms with van der Waals surface area (Å²) in [6.07, 6.45) is 4.28. The molecule has 4 heteroatoms. The second kappa shape index (κ2) is 4.42. The number of aromatic nitrogens is 3. The minimum absolute atomic E-state index is 0.808. The van der Waals surface area contributed by atoms with Crippen LogP contribution in [0, 0.1) is 6.92 Å². The third-order valence-corrected chi connectivity index (χ3v) is 3.30. The number of nitrogens with zero attached hydrogens (tertiary/aromatic N) is 3. The molecule has 0 radical (unpaired) electrons. The van der Waals surface area contributed by atoms with E-state index in [-0.39, 0.29) is 0 Å². The summed E-state index contributed by atoms with van der Waals surface area (Å²) >= 11 is 6.24. The van der Waals surface area contributed by atoms with Gasteiger partial charge < -0.3 is 0 Å². The van der Waals surface area contributed by atoms with E-state index < -0.39 is 0 Å². The normalized spacial score (nSPS) is 11.0. The molecule has 2 heterocycles. The van der Waals surface area contributed by atoms with Crippen molar-refractivity contribution in [1.82, 2.24) is 14.6 Å². The summed E-state index contributed by atoms with van der Waals surface area (Å²) in [6, 6.07) is 10.2. The van der Waals surface area contributed by atoms with Crippen LogP contribution in [-0.4, -0.2) is 14.6 Å². The van der Waals surface area contributed by atoms with Gasteiger partial charge in [0.2, 0.25) is 0 Å². The number of pyridine rings is 1. The quantitative estimate of drug-likeness (QED) is 0.705. The van der Waals surface area contributed by atoms with Crippen LogP contribution in [0.5, 0.6) is 0 Å². The molecule has 0 aliphatic carbocycles. The molecule has 3 nitrogen and oxygen atoms in total. The molecule has 0 spiro atoms. The summed E-state index contributed by atoms with van der Waals surface area (Å²) in [4.78, 5) is 4.18. The fraction of sp³-hybridized carbons (Fsp3) is 0.143. The highest BCUT2D eigenvalue weighted by Crippen LogP contribution is 2.21. The van der Waals surface area contributed by atoms with Crippen molar-refractivity contribution in [3.05, 3.63) is 64.6 Å². The first-order valence-electron chi connectivity index (χ1n) is 5.76. The van der Waals surface area contributed by atoms with Crippen LogP contribution in [0.1, 0.15) is 16.7 Å². The number of rotatable bonds is 2. The lowest BCUT2D eigenvalue weighted by atomic mass is 10.0. The first kappa shape index (κ1) is 11.2. The van der Waals surface area contributed by atoms with Crippen molar-refractivity contribution in [1.29, 1.82) is 0 Å². The molecule has 0 saturated heterocycles. The molecule has 0 fully saturated rings. The van der Waals surface area contributed by atoms with Gasteiger partial charge in [-0.15, -0.1) is 0 Å². The van der Waals surface area contributed by atoms with Crippen LogP contribution in [-0.2, 0) is 6.42 Å². The van der Waals surface area contributed by atoms with Crippen molar-refractivity contribution in [3.63, 3.8) is 0 Å². The van der Waals surface area contributed by atoms with Crippen LogP contribution < -0.4 is 0 Å². The summed E-state index contributed by atoms with van der Waals surface area (Å²) in [6.45, 7) is 2.04. The third-order valence-electron chi connectivity index (χ3n) is 2.95. The van der Waals surface area contributed by atoms with Crippen molar-refractivity contribution >= 4 is 17.2 Å².